The summed E-state index contributed by atoms with van der Waals surface area (Å²) in [6.07, 6.45) is 1.71. The van der Waals surface area contributed by atoms with Crippen LogP contribution in [0.3, 0.4) is 0 Å². The Bertz CT molecular complexity index is 802. The molecular weight excluding hydrogens is 310 g/mol. The molecule has 0 amide bonds. The molecule has 2 fully saturated rings. The Balaban J connectivity index is 1.75. The summed E-state index contributed by atoms with van der Waals surface area (Å²) < 4.78 is 16.6. The van der Waals surface area contributed by atoms with E-state index in [1.165, 1.54) is 0 Å². The number of aromatic amines is 1. The van der Waals surface area contributed by atoms with Gasteiger partial charge in [0.05, 0.1) is 31.6 Å². The molecule has 0 saturated carbocycles. The summed E-state index contributed by atoms with van der Waals surface area (Å²) in [5.74, 6) is 0.740. The van der Waals surface area contributed by atoms with E-state index in [2.05, 4.69) is 22.0 Å². The van der Waals surface area contributed by atoms with Crippen LogP contribution in [0.2, 0.25) is 0 Å². The molecule has 7 nitrogen and oxygen atoms in total. The van der Waals surface area contributed by atoms with Crippen LogP contribution in [0.5, 0.6) is 0 Å². The van der Waals surface area contributed by atoms with Crippen molar-refractivity contribution in [2.75, 3.05) is 31.3 Å². The van der Waals surface area contributed by atoms with Crippen molar-refractivity contribution in [1.82, 2.24) is 10.1 Å². The number of aromatic nitrogens is 2. The van der Waals surface area contributed by atoms with Gasteiger partial charge in [-0.3, -0.25) is 4.79 Å². The first-order chi connectivity index (χ1) is 11.5. The molecule has 0 aromatic carbocycles. The summed E-state index contributed by atoms with van der Waals surface area (Å²) in [6.45, 7) is 8.27. The van der Waals surface area contributed by atoms with Crippen molar-refractivity contribution in [3.05, 3.63) is 34.1 Å². The van der Waals surface area contributed by atoms with E-state index in [9.17, 15) is 4.79 Å². The van der Waals surface area contributed by atoms with E-state index >= 15 is 0 Å². The van der Waals surface area contributed by atoms with E-state index in [-0.39, 0.29) is 17.2 Å². The molecule has 0 bridgehead atoms. The SMILES string of the molecule is Cc1noc(C)c1-c1c[nH]c(=O)c(N2CCOC3(COC3)C2C)c1. The van der Waals surface area contributed by atoms with Crippen molar-refractivity contribution in [2.24, 2.45) is 0 Å². The molecule has 2 aromatic heterocycles. The molecule has 0 aliphatic carbocycles. The lowest BCUT2D eigenvalue weighted by molar-refractivity contribution is -0.228. The summed E-state index contributed by atoms with van der Waals surface area (Å²) in [7, 11) is 0. The summed E-state index contributed by atoms with van der Waals surface area (Å²) in [4.78, 5) is 17.4. The number of pyridine rings is 1. The number of aryl methyl sites for hydroxylation is 2. The number of H-pyrrole nitrogens is 1. The molecule has 128 valence electrons. The molecule has 7 heteroatoms. The zero-order valence-electron chi connectivity index (χ0n) is 14.1. The first-order valence-corrected chi connectivity index (χ1v) is 8.16. The van der Waals surface area contributed by atoms with Gasteiger partial charge in [0, 0.05) is 23.9 Å². The molecular formula is C17H21N3O4. The second-order valence-electron chi connectivity index (χ2n) is 6.58. The Morgan fingerprint density at radius 3 is 2.79 bits per heavy atom. The lowest BCUT2D eigenvalue weighted by Crippen LogP contribution is -2.68. The van der Waals surface area contributed by atoms with Gasteiger partial charge in [0.25, 0.3) is 5.56 Å². The van der Waals surface area contributed by atoms with Crippen LogP contribution < -0.4 is 10.5 Å². The smallest absolute Gasteiger partial charge is 0.271 e. The third kappa shape index (κ3) is 2.19. The fourth-order valence-corrected chi connectivity index (χ4v) is 3.63. The molecule has 2 aromatic rings. The molecule has 2 saturated heterocycles. The first kappa shape index (κ1) is 15.4. The highest BCUT2D eigenvalue weighted by atomic mass is 16.6. The normalized spacial score (nSPS) is 22.6. The molecule has 24 heavy (non-hydrogen) atoms. The molecule has 1 atom stereocenters. The minimum atomic E-state index is -0.302. The lowest BCUT2D eigenvalue weighted by atomic mass is 9.90. The molecule has 2 aliphatic rings. The lowest BCUT2D eigenvalue weighted by Gasteiger charge is -2.53. The second-order valence-corrected chi connectivity index (χ2v) is 6.58. The van der Waals surface area contributed by atoms with E-state index in [1.54, 1.807) is 6.20 Å². The highest BCUT2D eigenvalue weighted by molar-refractivity contribution is 5.70. The zero-order chi connectivity index (χ0) is 16.9. The number of hydrogen-bond acceptors (Lipinski definition) is 6. The second kappa shape index (κ2) is 5.46. The van der Waals surface area contributed by atoms with E-state index in [0.717, 1.165) is 22.6 Å². The zero-order valence-corrected chi connectivity index (χ0v) is 14.1. The Kier molecular flexibility index (Phi) is 3.51. The van der Waals surface area contributed by atoms with Crippen molar-refractivity contribution in [2.45, 2.75) is 32.4 Å². The number of nitrogens with one attached hydrogen (secondary N) is 1. The highest BCUT2D eigenvalue weighted by Crippen LogP contribution is 2.35. The fraction of sp³-hybridized carbons (Fsp3) is 0.529. The van der Waals surface area contributed by atoms with E-state index in [1.807, 2.05) is 19.9 Å². The predicted octanol–water partition coefficient (Wildman–Crippen LogP) is 1.64. The van der Waals surface area contributed by atoms with Crippen molar-refractivity contribution in [1.29, 1.82) is 0 Å². The Morgan fingerprint density at radius 2 is 2.17 bits per heavy atom. The highest BCUT2D eigenvalue weighted by Gasteiger charge is 2.50. The quantitative estimate of drug-likeness (QED) is 0.901. The van der Waals surface area contributed by atoms with Crippen LogP contribution in [0.25, 0.3) is 11.1 Å². The summed E-state index contributed by atoms with van der Waals surface area (Å²) in [5, 5.41) is 4.00. The van der Waals surface area contributed by atoms with Gasteiger partial charge in [-0.05, 0) is 26.8 Å². The maximum atomic E-state index is 12.5. The minimum absolute atomic E-state index is 0.0704. The van der Waals surface area contributed by atoms with Gasteiger partial charge in [0.1, 0.15) is 17.0 Å². The van der Waals surface area contributed by atoms with Crippen LogP contribution in [-0.4, -0.2) is 48.1 Å². The van der Waals surface area contributed by atoms with Crippen LogP contribution in [0.4, 0.5) is 5.69 Å². The van der Waals surface area contributed by atoms with Crippen LogP contribution in [0.15, 0.2) is 21.6 Å². The average Bonchev–Trinajstić information content (AvgIpc) is 2.86. The van der Waals surface area contributed by atoms with Gasteiger partial charge in [-0.1, -0.05) is 5.16 Å². The predicted molar refractivity (Wildman–Crippen MR) is 88.3 cm³/mol. The third-order valence-corrected chi connectivity index (χ3v) is 5.16. The number of hydrogen-bond donors (Lipinski definition) is 1. The Hall–Kier alpha value is -2.12. The van der Waals surface area contributed by atoms with Crippen LogP contribution in [0.1, 0.15) is 18.4 Å². The van der Waals surface area contributed by atoms with E-state index in [4.69, 9.17) is 14.0 Å². The number of anilines is 1. The van der Waals surface area contributed by atoms with Crippen molar-refractivity contribution >= 4 is 5.69 Å². The number of ether oxygens (including phenoxy) is 2. The van der Waals surface area contributed by atoms with Gasteiger partial charge in [-0.25, -0.2) is 0 Å². The van der Waals surface area contributed by atoms with Crippen LogP contribution in [-0.2, 0) is 9.47 Å². The largest absolute Gasteiger partial charge is 0.375 e. The molecule has 2 aliphatic heterocycles. The number of rotatable bonds is 2. The maximum Gasteiger partial charge on any atom is 0.271 e. The van der Waals surface area contributed by atoms with Gasteiger partial charge in [0.15, 0.2) is 0 Å². The number of morpholine rings is 1. The molecule has 1 spiro atoms. The van der Waals surface area contributed by atoms with Gasteiger partial charge >= 0.3 is 0 Å². The molecule has 4 rings (SSSR count). The minimum Gasteiger partial charge on any atom is -0.375 e. The van der Waals surface area contributed by atoms with Gasteiger partial charge < -0.3 is 23.9 Å². The van der Waals surface area contributed by atoms with Gasteiger partial charge in [0.2, 0.25) is 0 Å². The van der Waals surface area contributed by atoms with Crippen LogP contribution in [0, 0.1) is 13.8 Å². The average molecular weight is 331 g/mol. The van der Waals surface area contributed by atoms with E-state index in [0.29, 0.717) is 32.1 Å². The fourth-order valence-electron chi connectivity index (χ4n) is 3.63. The van der Waals surface area contributed by atoms with Crippen molar-refractivity contribution < 1.29 is 14.0 Å². The summed E-state index contributed by atoms with van der Waals surface area (Å²) in [5.41, 5.74) is 2.88. The molecule has 4 heterocycles. The monoisotopic (exact) mass is 331 g/mol. The van der Waals surface area contributed by atoms with Gasteiger partial charge in [-0.2, -0.15) is 0 Å². The van der Waals surface area contributed by atoms with E-state index < -0.39 is 0 Å². The van der Waals surface area contributed by atoms with Gasteiger partial charge in [-0.15, -0.1) is 0 Å². The molecule has 1 N–H and O–H groups in total. The number of nitrogens with zero attached hydrogens (tertiary/aromatic N) is 2. The maximum absolute atomic E-state index is 12.5. The summed E-state index contributed by atoms with van der Waals surface area (Å²) in [6, 6.07) is 1.99. The third-order valence-electron chi connectivity index (χ3n) is 5.16. The summed E-state index contributed by atoms with van der Waals surface area (Å²) >= 11 is 0. The standard InChI is InChI=1S/C17H21N3O4/c1-10-15(11(2)24-19-10)13-6-14(16(21)18-7-13)20-4-5-23-17(12(20)3)8-22-9-17/h6-7,12H,4-5,8-9H2,1-3H3,(H,18,21). The van der Waals surface area contributed by atoms with Crippen molar-refractivity contribution in [3.63, 3.8) is 0 Å². The van der Waals surface area contributed by atoms with Crippen LogP contribution >= 0.6 is 0 Å². The Labute approximate surface area is 139 Å². The first-order valence-electron chi connectivity index (χ1n) is 8.16. The topological polar surface area (TPSA) is 80.6 Å². The Morgan fingerprint density at radius 1 is 1.38 bits per heavy atom. The van der Waals surface area contributed by atoms with Crippen molar-refractivity contribution in [3.8, 4) is 11.1 Å². The molecule has 0 radical (unpaired) electrons. The molecule has 1 unspecified atom stereocenters.